The number of hydrogen-bond donors (Lipinski definition) is 1. The number of nitrogens with zero attached hydrogens (tertiary/aromatic N) is 1. The molecule has 4 rings (SSSR count). The lowest BCUT2D eigenvalue weighted by atomic mass is 10.1. The maximum absolute atomic E-state index is 12.7. The second-order valence-electron chi connectivity index (χ2n) is 8.14. The van der Waals surface area contributed by atoms with Gasteiger partial charge < -0.3 is 14.8 Å². The number of carbonyl (C=O) groups excluding carboxylic acids is 1. The van der Waals surface area contributed by atoms with Gasteiger partial charge in [-0.05, 0) is 64.2 Å². The number of methoxy groups -OCH3 is 1. The van der Waals surface area contributed by atoms with Crippen LogP contribution in [0, 0.1) is 11.3 Å². The predicted molar refractivity (Wildman–Crippen MR) is 144 cm³/mol. The Morgan fingerprint density at radius 2 is 1.81 bits per heavy atom. The predicted octanol–water partition coefficient (Wildman–Crippen LogP) is 7.19. The highest BCUT2D eigenvalue weighted by Gasteiger charge is 2.15. The summed E-state index contributed by atoms with van der Waals surface area (Å²) in [5.74, 6) is 0.290. The normalized spacial score (nSPS) is 11.1. The zero-order chi connectivity index (χ0) is 25.5. The SMILES string of the molecule is CCc1ccc(NC(=O)/C(C#N)=C/c2cc(Cl)c(OCc3cccc4ccccc34)c(OC)c2)cc1. The fourth-order valence-corrected chi connectivity index (χ4v) is 4.14. The molecule has 0 aliphatic heterocycles. The van der Waals surface area contributed by atoms with E-state index in [1.165, 1.54) is 13.2 Å². The van der Waals surface area contributed by atoms with Gasteiger partial charge in [-0.15, -0.1) is 0 Å². The maximum atomic E-state index is 12.7. The number of halogens is 1. The van der Waals surface area contributed by atoms with E-state index in [0.717, 1.165) is 28.3 Å². The first-order valence-electron chi connectivity index (χ1n) is 11.5. The Morgan fingerprint density at radius 3 is 2.53 bits per heavy atom. The van der Waals surface area contributed by atoms with E-state index in [1.54, 1.807) is 12.1 Å². The molecule has 0 atom stereocenters. The number of benzene rings is 4. The average molecular weight is 497 g/mol. The standard InChI is InChI=1S/C30H25ClN2O3/c1-3-20-11-13-25(14-12-20)33-30(34)24(18-32)15-21-16-27(31)29(28(17-21)35-2)36-19-23-9-6-8-22-7-4-5-10-26(22)23/h4-17H,3,19H2,1-2H3,(H,33,34)/b24-15+. The minimum atomic E-state index is -0.506. The quantitative estimate of drug-likeness (QED) is 0.207. The highest BCUT2D eigenvalue weighted by atomic mass is 35.5. The number of nitrogens with one attached hydrogen (secondary N) is 1. The van der Waals surface area contributed by atoms with Crippen LogP contribution in [0.4, 0.5) is 5.69 Å². The first kappa shape index (κ1) is 24.8. The van der Waals surface area contributed by atoms with Crippen molar-refractivity contribution in [2.24, 2.45) is 0 Å². The Hall–Kier alpha value is -4.27. The lowest BCUT2D eigenvalue weighted by molar-refractivity contribution is -0.112. The second kappa shape index (κ2) is 11.4. The molecule has 5 nitrogen and oxygen atoms in total. The lowest BCUT2D eigenvalue weighted by Crippen LogP contribution is -2.13. The average Bonchev–Trinajstić information content (AvgIpc) is 2.91. The van der Waals surface area contributed by atoms with Gasteiger partial charge in [0.2, 0.25) is 0 Å². The van der Waals surface area contributed by atoms with E-state index in [9.17, 15) is 10.1 Å². The molecule has 0 unspecified atom stereocenters. The summed E-state index contributed by atoms with van der Waals surface area (Å²) >= 11 is 6.54. The number of fused-ring (bicyclic) bond motifs is 1. The van der Waals surface area contributed by atoms with E-state index < -0.39 is 5.91 Å². The topological polar surface area (TPSA) is 71.4 Å². The van der Waals surface area contributed by atoms with E-state index in [4.69, 9.17) is 21.1 Å². The summed E-state index contributed by atoms with van der Waals surface area (Å²) in [6.07, 6.45) is 2.38. The summed E-state index contributed by atoms with van der Waals surface area (Å²) < 4.78 is 11.6. The van der Waals surface area contributed by atoms with Crippen LogP contribution >= 0.6 is 11.6 Å². The molecule has 0 saturated heterocycles. The zero-order valence-electron chi connectivity index (χ0n) is 20.0. The van der Waals surface area contributed by atoms with Crippen LogP contribution < -0.4 is 14.8 Å². The molecule has 0 fully saturated rings. The van der Waals surface area contributed by atoms with Crippen LogP contribution in [-0.4, -0.2) is 13.0 Å². The minimum absolute atomic E-state index is 0.0582. The van der Waals surface area contributed by atoms with Crippen molar-refractivity contribution in [3.63, 3.8) is 0 Å². The van der Waals surface area contributed by atoms with Crippen molar-refractivity contribution in [1.82, 2.24) is 0 Å². The molecule has 0 saturated carbocycles. The summed E-state index contributed by atoms with van der Waals surface area (Å²) in [6.45, 7) is 2.36. The Bertz CT molecular complexity index is 1470. The summed E-state index contributed by atoms with van der Waals surface area (Å²) in [5, 5.41) is 14.9. The van der Waals surface area contributed by atoms with Crippen LogP contribution in [0.5, 0.6) is 11.5 Å². The van der Waals surface area contributed by atoms with E-state index in [0.29, 0.717) is 34.4 Å². The van der Waals surface area contributed by atoms with Crippen LogP contribution in [0.25, 0.3) is 16.8 Å². The van der Waals surface area contributed by atoms with Gasteiger partial charge in [-0.1, -0.05) is 73.1 Å². The van der Waals surface area contributed by atoms with Gasteiger partial charge in [0.1, 0.15) is 18.2 Å². The molecule has 36 heavy (non-hydrogen) atoms. The number of anilines is 1. The molecular formula is C30H25ClN2O3. The molecule has 0 bridgehead atoms. The lowest BCUT2D eigenvalue weighted by Gasteiger charge is -2.14. The van der Waals surface area contributed by atoms with Crippen LogP contribution in [-0.2, 0) is 17.8 Å². The number of rotatable bonds is 8. The van der Waals surface area contributed by atoms with Gasteiger partial charge in [-0.3, -0.25) is 4.79 Å². The van der Waals surface area contributed by atoms with Crippen molar-refractivity contribution >= 4 is 40.0 Å². The number of ether oxygens (including phenoxy) is 2. The third-order valence-electron chi connectivity index (χ3n) is 5.80. The number of hydrogen-bond acceptors (Lipinski definition) is 4. The number of amides is 1. The van der Waals surface area contributed by atoms with Crippen LogP contribution in [0.1, 0.15) is 23.6 Å². The molecule has 1 amide bonds. The highest BCUT2D eigenvalue weighted by Crippen LogP contribution is 2.38. The van der Waals surface area contributed by atoms with Crippen LogP contribution in [0.3, 0.4) is 0 Å². The largest absolute Gasteiger partial charge is 0.493 e. The Labute approximate surface area is 215 Å². The first-order valence-corrected chi connectivity index (χ1v) is 11.9. The Morgan fingerprint density at radius 1 is 1.06 bits per heavy atom. The highest BCUT2D eigenvalue weighted by molar-refractivity contribution is 6.32. The van der Waals surface area contributed by atoms with Gasteiger partial charge in [-0.2, -0.15) is 5.26 Å². The van der Waals surface area contributed by atoms with Gasteiger partial charge in [0.25, 0.3) is 5.91 Å². The van der Waals surface area contributed by atoms with Gasteiger partial charge >= 0.3 is 0 Å². The molecule has 4 aromatic rings. The minimum Gasteiger partial charge on any atom is -0.493 e. The molecule has 0 aromatic heterocycles. The van der Waals surface area contributed by atoms with Crippen molar-refractivity contribution in [2.75, 3.05) is 12.4 Å². The van der Waals surface area contributed by atoms with Crippen molar-refractivity contribution in [3.8, 4) is 17.6 Å². The van der Waals surface area contributed by atoms with E-state index in [1.807, 2.05) is 60.7 Å². The third kappa shape index (κ3) is 5.68. The molecule has 1 N–H and O–H groups in total. The fraction of sp³-hybridized carbons (Fsp3) is 0.133. The number of nitriles is 1. The van der Waals surface area contributed by atoms with Gasteiger partial charge in [-0.25, -0.2) is 0 Å². The number of aryl methyl sites for hydroxylation is 1. The molecule has 4 aromatic carbocycles. The van der Waals surface area contributed by atoms with Gasteiger partial charge in [0, 0.05) is 5.69 Å². The maximum Gasteiger partial charge on any atom is 0.266 e. The molecule has 0 heterocycles. The summed E-state index contributed by atoms with van der Waals surface area (Å²) in [7, 11) is 1.52. The second-order valence-corrected chi connectivity index (χ2v) is 8.54. The van der Waals surface area contributed by atoms with Crippen molar-refractivity contribution in [3.05, 3.63) is 106 Å². The van der Waals surface area contributed by atoms with Crippen LogP contribution in [0.15, 0.2) is 84.4 Å². The molecule has 6 heteroatoms. The molecule has 0 aliphatic carbocycles. The smallest absolute Gasteiger partial charge is 0.266 e. The first-order chi connectivity index (χ1) is 17.5. The molecule has 0 aliphatic rings. The Balaban J connectivity index is 1.55. The van der Waals surface area contributed by atoms with Gasteiger partial charge in [0.05, 0.1) is 12.1 Å². The van der Waals surface area contributed by atoms with E-state index in [-0.39, 0.29) is 5.57 Å². The summed E-state index contributed by atoms with van der Waals surface area (Å²) in [5.41, 5.74) is 3.28. The summed E-state index contributed by atoms with van der Waals surface area (Å²) in [4.78, 5) is 12.7. The van der Waals surface area contributed by atoms with Crippen molar-refractivity contribution in [2.45, 2.75) is 20.0 Å². The molecular weight excluding hydrogens is 472 g/mol. The van der Waals surface area contributed by atoms with Crippen molar-refractivity contribution in [1.29, 1.82) is 5.26 Å². The molecule has 0 spiro atoms. The molecule has 180 valence electrons. The fourth-order valence-electron chi connectivity index (χ4n) is 3.87. The van der Waals surface area contributed by atoms with Crippen molar-refractivity contribution < 1.29 is 14.3 Å². The zero-order valence-corrected chi connectivity index (χ0v) is 20.8. The monoisotopic (exact) mass is 496 g/mol. The van der Waals surface area contributed by atoms with E-state index >= 15 is 0 Å². The third-order valence-corrected chi connectivity index (χ3v) is 6.08. The molecule has 0 radical (unpaired) electrons. The number of carbonyl (C=O) groups is 1. The Kier molecular flexibility index (Phi) is 7.89. The summed E-state index contributed by atoms with van der Waals surface area (Å²) in [6, 6.07) is 26.9. The van der Waals surface area contributed by atoms with E-state index in [2.05, 4.69) is 24.4 Å². The van der Waals surface area contributed by atoms with Gasteiger partial charge in [0.15, 0.2) is 11.5 Å². The van der Waals surface area contributed by atoms with Crippen LogP contribution in [0.2, 0.25) is 5.02 Å².